The van der Waals surface area contributed by atoms with Gasteiger partial charge in [-0.2, -0.15) is 5.10 Å². The average molecular weight is 293 g/mol. The molecule has 0 aromatic carbocycles. The van der Waals surface area contributed by atoms with Crippen molar-refractivity contribution in [2.24, 2.45) is 13.0 Å². The topological polar surface area (TPSA) is 62.2 Å². The van der Waals surface area contributed by atoms with Crippen molar-refractivity contribution < 1.29 is 4.79 Å². The molecule has 2 rings (SSSR count). The number of nitrogens with one attached hydrogen (secondary N) is 2. The summed E-state index contributed by atoms with van der Waals surface area (Å²) in [4.78, 5) is 14.6. The second kappa shape index (κ2) is 7.04. The van der Waals surface area contributed by atoms with E-state index in [1.165, 1.54) is 0 Å². The van der Waals surface area contributed by atoms with Crippen LogP contribution in [-0.4, -0.2) is 59.9 Å². The Labute approximate surface area is 126 Å². The van der Waals surface area contributed by atoms with Crippen LogP contribution < -0.4 is 10.6 Å². The van der Waals surface area contributed by atoms with Gasteiger partial charge in [-0.15, -0.1) is 0 Å². The number of carbonyl (C=O) groups excluding carboxylic acids is 1. The Morgan fingerprint density at radius 2 is 2.33 bits per heavy atom. The summed E-state index contributed by atoms with van der Waals surface area (Å²) in [7, 11) is 3.98. The molecule has 1 amide bonds. The molecule has 1 aliphatic rings. The maximum Gasteiger partial charge on any atom is 0.225 e. The zero-order valence-electron chi connectivity index (χ0n) is 13.5. The van der Waals surface area contributed by atoms with Crippen LogP contribution in [0.3, 0.4) is 0 Å². The quantitative estimate of drug-likeness (QED) is 0.785. The van der Waals surface area contributed by atoms with E-state index in [1.807, 2.05) is 19.4 Å². The molecule has 6 heteroatoms. The van der Waals surface area contributed by atoms with Gasteiger partial charge in [0.1, 0.15) is 0 Å². The summed E-state index contributed by atoms with van der Waals surface area (Å²) in [6.07, 6.45) is 3.87. The minimum atomic E-state index is -0.00134. The summed E-state index contributed by atoms with van der Waals surface area (Å²) in [6.45, 7) is 7.47. The number of carbonyl (C=O) groups is 1. The van der Waals surface area contributed by atoms with Crippen LogP contribution in [0.1, 0.15) is 25.3 Å². The second-order valence-corrected chi connectivity index (χ2v) is 6.18. The molecule has 0 spiro atoms. The van der Waals surface area contributed by atoms with Crippen LogP contribution in [0.25, 0.3) is 0 Å². The van der Waals surface area contributed by atoms with Gasteiger partial charge in [0, 0.05) is 51.4 Å². The third-order valence-electron chi connectivity index (χ3n) is 4.35. The molecule has 21 heavy (non-hydrogen) atoms. The monoisotopic (exact) mass is 293 g/mol. The standard InChI is InChI=1S/C15H27N5O/c1-11(2)19(3)6-5-17-15(21)14-9-16-8-13(14)12-7-18-20(4)10-12/h7,10-11,13-14,16H,5-6,8-9H2,1-4H3,(H,17,21)/t13-,14+/m1/s1. The van der Waals surface area contributed by atoms with Crippen molar-refractivity contribution in [2.45, 2.75) is 25.8 Å². The first-order chi connectivity index (χ1) is 9.99. The molecule has 0 bridgehead atoms. The molecule has 2 heterocycles. The van der Waals surface area contributed by atoms with Crippen molar-refractivity contribution in [2.75, 3.05) is 33.2 Å². The summed E-state index contributed by atoms with van der Waals surface area (Å²) >= 11 is 0. The van der Waals surface area contributed by atoms with Crippen LogP contribution >= 0.6 is 0 Å². The number of aryl methyl sites for hydroxylation is 1. The van der Waals surface area contributed by atoms with Crippen molar-refractivity contribution in [1.29, 1.82) is 0 Å². The molecular formula is C15H27N5O. The van der Waals surface area contributed by atoms with Crippen LogP contribution in [-0.2, 0) is 11.8 Å². The van der Waals surface area contributed by atoms with E-state index in [4.69, 9.17) is 0 Å². The minimum absolute atomic E-state index is 0.00134. The number of nitrogens with zero attached hydrogens (tertiary/aromatic N) is 3. The predicted octanol–water partition coefficient (Wildman–Crippen LogP) is 0.180. The van der Waals surface area contributed by atoms with E-state index in [0.717, 1.165) is 25.2 Å². The highest BCUT2D eigenvalue weighted by molar-refractivity contribution is 5.80. The van der Waals surface area contributed by atoms with Gasteiger partial charge in [0.15, 0.2) is 0 Å². The van der Waals surface area contributed by atoms with Gasteiger partial charge in [-0.3, -0.25) is 9.48 Å². The maximum atomic E-state index is 12.4. The Morgan fingerprint density at radius 3 is 2.95 bits per heavy atom. The molecule has 1 aromatic rings. The Bertz CT molecular complexity index is 470. The summed E-state index contributed by atoms with van der Waals surface area (Å²) in [5.74, 6) is 0.367. The fourth-order valence-corrected chi connectivity index (χ4v) is 2.68. The molecule has 0 aliphatic carbocycles. The molecule has 1 fully saturated rings. The number of aromatic nitrogens is 2. The van der Waals surface area contributed by atoms with Crippen molar-refractivity contribution in [3.63, 3.8) is 0 Å². The average Bonchev–Trinajstić information content (AvgIpc) is 3.06. The maximum absolute atomic E-state index is 12.4. The van der Waals surface area contributed by atoms with Crippen LogP contribution in [0.5, 0.6) is 0 Å². The van der Waals surface area contributed by atoms with E-state index >= 15 is 0 Å². The van der Waals surface area contributed by atoms with Gasteiger partial charge in [-0.1, -0.05) is 0 Å². The zero-order chi connectivity index (χ0) is 15.4. The summed E-state index contributed by atoms with van der Waals surface area (Å²) in [5.41, 5.74) is 1.14. The molecule has 118 valence electrons. The number of rotatable bonds is 6. The molecule has 1 saturated heterocycles. The summed E-state index contributed by atoms with van der Waals surface area (Å²) < 4.78 is 1.79. The second-order valence-electron chi connectivity index (χ2n) is 6.18. The summed E-state index contributed by atoms with van der Waals surface area (Å²) in [5, 5.41) is 10.6. The van der Waals surface area contributed by atoms with Crippen molar-refractivity contribution in [3.05, 3.63) is 18.0 Å². The summed E-state index contributed by atoms with van der Waals surface area (Å²) in [6, 6.07) is 0.498. The first-order valence-electron chi connectivity index (χ1n) is 7.66. The molecule has 0 saturated carbocycles. The van der Waals surface area contributed by atoms with Gasteiger partial charge in [-0.05, 0) is 26.5 Å². The molecule has 2 N–H and O–H groups in total. The number of hydrogen-bond donors (Lipinski definition) is 2. The highest BCUT2D eigenvalue weighted by atomic mass is 16.1. The lowest BCUT2D eigenvalue weighted by Crippen LogP contribution is -2.40. The lowest BCUT2D eigenvalue weighted by Gasteiger charge is -2.22. The van der Waals surface area contributed by atoms with Crippen LogP contribution in [0.2, 0.25) is 0 Å². The van der Waals surface area contributed by atoms with E-state index < -0.39 is 0 Å². The number of likely N-dealkylation sites (N-methyl/N-ethyl adjacent to an activating group) is 1. The van der Waals surface area contributed by atoms with E-state index in [-0.39, 0.29) is 17.7 Å². The Kier molecular flexibility index (Phi) is 5.36. The Balaban J connectivity index is 1.86. The third kappa shape index (κ3) is 4.04. The van der Waals surface area contributed by atoms with E-state index in [2.05, 4.69) is 41.5 Å². The lowest BCUT2D eigenvalue weighted by molar-refractivity contribution is -0.124. The minimum Gasteiger partial charge on any atom is -0.355 e. The first kappa shape index (κ1) is 16.0. The fourth-order valence-electron chi connectivity index (χ4n) is 2.68. The van der Waals surface area contributed by atoms with E-state index in [1.54, 1.807) is 4.68 Å². The smallest absolute Gasteiger partial charge is 0.225 e. The van der Waals surface area contributed by atoms with Crippen LogP contribution in [0.15, 0.2) is 12.4 Å². The zero-order valence-corrected chi connectivity index (χ0v) is 13.5. The molecule has 0 radical (unpaired) electrons. The molecule has 1 aromatic heterocycles. The molecular weight excluding hydrogens is 266 g/mol. The van der Waals surface area contributed by atoms with Gasteiger partial charge >= 0.3 is 0 Å². The molecule has 6 nitrogen and oxygen atoms in total. The van der Waals surface area contributed by atoms with Crippen LogP contribution in [0.4, 0.5) is 0 Å². The highest BCUT2D eigenvalue weighted by Crippen LogP contribution is 2.27. The third-order valence-corrected chi connectivity index (χ3v) is 4.35. The Morgan fingerprint density at radius 1 is 1.57 bits per heavy atom. The molecule has 1 aliphatic heterocycles. The van der Waals surface area contributed by atoms with Gasteiger partial charge in [0.05, 0.1) is 12.1 Å². The Hall–Kier alpha value is -1.40. The predicted molar refractivity (Wildman–Crippen MR) is 83.1 cm³/mol. The lowest BCUT2D eigenvalue weighted by atomic mass is 9.90. The van der Waals surface area contributed by atoms with Gasteiger partial charge < -0.3 is 15.5 Å². The van der Waals surface area contributed by atoms with Gasteiger partial charge in [-0.25, -0.2) is 0 Å². The van der Waals surface area contributed by atoms with Gasteiger partial charge in [0.2, 0.25) is 5.91 Å². The van der Waals surface area contributed by atoms with Gasteiger partial charge in [0.25, 0.3) is 0 Å². The largest absolute Gasteiger partial charge is 0.355 e. The van der Waals surface area contributed by atoms with E-state index in [9.17, 15) is 4.79 Å². The molecule has 2 atom stereocenters. The van der Waals surface area contributed by atoms with Crippen molar-refractivity contribution in [3.8, 4) is 0 Å². The SMILES string of the molecule is CC(C)N(C)CCNC(=O)[C@H]1CNC[C@@H]1c1cnn(C)c1. The fraction of sp³-hybridized carbons (Fsp3) is 0.733. The highest BCUT2D eigenvalue weighted by Gasteiger charge is 2.34. The van der Waals surface area contributed by atoms with E-state index in [0.29, 0.717) is 12.6 Å². The first-order valence-corrected chi connectivity index (χ1v) is 7.66. The van der Waals surface area contributed by atoms with Crippen LogP contribution in [0, 0.1) is 5.92 Å². The van der Waals surface area contributed by atoms with Crippen molar-refractivity contribution in [1.82, 2.24) is 25.3 Å². The normalized spacial score (nSPS) is 22.2. The van der Waals surface area contributed by atoms with Crippen molar-refractivity contribution >= 4 is 5.91 Å². The number of amides is 1. The molecule has 0 unspecified atom stereocenters. The number of hydrogen-bond acceptors (Lipinski definition) is 4.